The Balaban J connectivity index is 1.82. The third-order valence-electron chi connectivity index (χ3n) is 2.48. The van der Waals surface area contributed by atoms with Crippen LogP contribution in [0.4, 0.5) is 4.79 Å². The van der Waals surface area contributed by atoms with Crippen molar-refractivity contribution in [1.82, 2.24) is 5.32 Å². The maximum atomic E-state index is 11.7. The first-order valence-electron chi connectivity index (χ1n) is 5.65. The van der Waals surface area contributed by atoms with Crippen LogP contribution in [-0.4, -0.2) is 12.6 Å². The first kappa shape index (κ1) is 11.3. The highest BCUT2D eigenvalue weighted by Gasteiger charge is 2.10. The molecule has 0 unspecified atom stereocenters. The second-order valence-electron chi connectivity index (χ2n) is 3.75. The molecule has 0 radical (unpaired) electrons. The number of carbonyl (C=O) groups excluding carboxylic acids is 1. The van der Waals surface area contributed by atoms with Crippen LogP contribution in [0.3, 0.4) is 0 Å². The Morgan fingerprint density at radius 1 is 1.00 bits per heavy atom. The Labute approximate surface area is 101 Å². The van der Waals surface area contributed by atoms with Gasteiger partial charge in [-0.25, -0.2) is 5.32 Å². The van der Waals surface area contributed by atoms with Crippen molar-refractivity contribution in [2.24, 2.45) is 0 Å². The maximum Gasteiger partial charge on any atom is 0.495 e. The zero-order valence-electron chi connectivity index (χ0n) is 9.54. The van der Waals surface area contributed by atoms with Crippen LogP contribution in [0.1, 0.15) is 5.56 Å². The Morgan fingerprint density at radius 2 is 1.65 bits per heavy atom. The Hall–Kier alpha value is -2.16. The maximum absolute atomic E-state index is 11.7. The van der Waals surface area contributed by atoms with Crippen LogP contribution in [0.2, 0.25) is 0 Å². The normalized spacial score (nSPS) is 9.88. The average Bonchev–Trinajstić information content (AvgIpc) is 2.41. The molecular weight excluding hydrogens is 212 g/mol. The quantitative estimate of drug-likeness (QED) is 0.796. The fourth-order valence-corrected chi connectivity index (χ4v) is 1.58. The van der Waals surface area contributed by atoms with Gasteiger partial charge in [-0.1, -0.05) is 36.4 Å². The predicted octanol–water partition coefficient (Wildman–Crippen LogP) is 1.77. The van der Waals surface area contributed by atoms with E-state index in [4.69, 9.17) is 0 Å². The van der Waals surface area contributed by atoms with Crippen LogP contribution in [-0.2, 0) is 6.42 Å². The highest BCUT2D eigenvalue weighted by atomic mass is 16.2. The van der Waals surface area contributed by atoms with Gasteiger partial charge in [-0.3, -0.25) is 0 Å². The molecule has 0 aliphatic heterocycles. The van der Waals surface area contributed by atoms with E-state index in [9.17, 15) is 4.79 Å². The first-order chi connectivity index (χ1) is 8.36. The van der Waals surface area contributed by atoms with Gasteiger partial charge < -0.3 is 0 Å². The van der Waals surface area contributed by atoms with Gasteiger partial charge >= 0.3 is 6.03 Å². The molecule has 0 atom stereocenters. The minimum Gasteiger partial charge on any atom is -0.237 e. The number of aromatic nitrogens is 1. The van der Waals surface area contributed by atoms with Crippen molar-refractivity contribution >= 4 is 6.03 Å². The lowest BCUT2D eigenvalue weighted by molar-refractivity contribution is -0.572. The van der Waals surface area contributed by atoms with Gasteiger partial charge in [0.05, 0.1) is 18.9 Å². The summed E-state index contributed by atoms with van der Waals surface area (Å²) < 4.78 is 1.53. The number of nitrogens with one attached hydrogen (secondary N) is 1. The van der Waals surface area contributed by atoms with Gasteiger partial charge in [0.25, 0.3) is 0 Å². The topological polar surface area (TPSA) is 33.0 Å². The summed E-state index contributed by atoms with van der Waals surface area (Å²) in [6.45, 7) is 0.644. The molecule has 1 heterocycles. The van der Waals surface area contributed by atoms with Crippen LogP contribution in [0.25, 0.3) is 0 Å². The largest absolute Gasteiger partial charge is 0.495 e. The zero-order chi connectivity index (χ0) is 11.9. The molecule has 3 nitrogen and oxygen atoms in total. The molecule has 0 spiro atoms. The Kier molecular flexibility index (Phi) is 3.86. The molecule has 86 valence electrons. The van der Waals surface area contributed by atoms with Crippen LogP contribution in [0.15, 0.2) is 60.9 Å². The number of carbonyl (C=O) groups is 1. The van der Waals surface area contributed by atoms with Crippen LogP contribution in [0, 0.1) is 0 Å². The summed E-state index contributed by atoms with van der Waals surface area (Å²) >= 11 is 0. The van der Waals surface area contributed by atoms with E-state index < -0.39 is 0 Å². The van der Waals surface area contributed by atoms with E-state index in [0.717, 1.165) is 6.42 Å². The second kappa shape index (κ2) is 5.80. The molecule has 3 heteroatoms. The minimum absolute atomic E-state index is 0.0958. The van der Waals surface area contributed by atoms with Crippen molar-refractivity contribution in [2.45, 2.75) is 6.42 Å². The molecule has 0 aliphatic carbocycles. The molecule has 2 aromatic rings. The minimum atomic E-state index is -0.0958. The van der Waals surface area contributed by atoms with E-state index in [1.807, 2.05) is 36.4 Å². The fraction of sp³-hybridized carbons (Fsp3) is 0.143. The van der Waals surface area contributed by atoms with Crippen molar-refractivity contribution in [2.75, 3.05) is 6.54 Å². The highest BCUT2D eigenvalue weighted by molar-refractivity contribution is 5.63. The molecule has 1 amide bonds. The molecule has 0 fully saturated rings. The summed E-state index contributed by atoms with van der Waals surface area (Å²) in [5.74, 6) is 0. The van der Waals surface area contributed by atoms with Gasteiger partial charge in [-0.15, -0.1) is 0 Å². The Morgan fingerprint density at radius 3 is 2.35 bits per heavy atom. The summed E-state index contributed by atoms with van der Waals surface area (Å²) in [7, 11) is 0. The standard InChI is InChI=1S/C14H14N2O/c17-14(16-11-5-2-6-12-16)15-10-9-13-7-3-1-4-8-13/h1-8,11-12H,9-10H2/p+1. The number of hydrogen-bond acceptors (Lipinski definition) is 1. The third kappa shape index (κ3) is 3.41. The molecule has 0 bridgehead atoms. The lowest BCUT2D eigenvalue weighted by Crippen LogP contribution is -2.50. The van der Waals surface area contributed by atoms with Crippen LogP contribution in [0.5, 0.6) is 0 Å². The molecule has 0 saturated carbocycles. The van der Waals surface area contributed by atoms with Gasteiger partial charge in [0.15, 0.2) is 0 Å². The molecular formula is C14H15N2O+. The molecule has 2 rings (SSSR count). The summed E-state index contributed by atoms with van der Waals surface area (Å²) in [6.07, 6.45) is 4.32. The molecule has 17 heavy (non-hydrogen) atoms. The number of pyridine rings is 1. The van der Waals surface area contributed by atoms with E-state index in [2.05, 4.69) is 17.4 Å². The van der Waals surface area contributed by atoms with E-state index in [-0.39, 0.29) is 6.03 Å². The lowest BCUT2D eigenvalue weighted by atomic mass is 10.1. The van der Waals surface area contributed by atoms with Gasteiger partial charge in [-0.2, -0.15) is 9.36 Å². The van der Waals surface area contributed by atoms with E-state index in [1.54, 1.807) is 12.4 Å². The van der Waals surface area contributed by atoms with Crippen LogP contribution >= 0.6 is 0 Å². The number of rotatable bonds is 3. The molecule has 1 aromatic carbocycles. The van der Waals surface area contributed by atoms with Crippen molar-refractivity contribution in [3.05, 3.63) is 66.5 Å². The first-order valence-corrected chi connectivity index (χ1v) is 5.65. The summed E-state index contributed by atoms with van der Waals surface area (Å²) in [5, 5.41) is 2.87. The predicted molar refractivity (Wildman–Crippen MR) is 65.6 cm³/mol. The molecule has 0 saturated heterocycles. The van der Waals surface area contributed by atoms with Gasteiger partial charge in [0.1, 0.15) is 0 Å². The van der Waals surface area contributed by atoms with E-state index in [0.29, 0.717) is 6.54 Å². The number of hydrogen-bond donors (Lipinski definition) is 1. The number of nitrogens with zero attached hydrogens (tertiary/aromatic N) is 1. The number of amides is 1. The van der Waals surface area contributed by atoms with E-state index >= 15 is 0 Å². The van der Waals surface area contributed by atoms with Gasteiger partial charge in [0.2, 0.25) is 0 Å². The number of benzene rings is 1. The fourth-order valence-electron chi connectivity index (χ4n) is 1.58. The Bertz CT molecular complexity index is 468. The molecule has 1 aromatic heterocycles. The lowest BCUT2D eigenvalue weighted by Gasteiger charge is -1.99. The zero-order valence-corrected chi connectivity index (χ0v) is 9.54. The van der Waals surface area contributed by atoms with Gasteiger partial charge in [0, 0.05) is 6.42 Å². The van der Waals surface area contributed by atoms with Crippen molar-refractivity contribution in [1.29, 1.82) is 0 Å². The molecule has 1 N–H and O–H groups in total. The van der Waals surface area contributed by atoms with Crippen molar-refractivity contribution < 1.29 is 9.36 Å². The monoisotopic (exact) mass is 227 g/mol. The smallest absolute Gasteiger partial charge is 0.237 e. The molecule has 0 aliphatic rings. The van der Waals surface area contributed by atoms with Crippen molar-refractivity contribution in [3.8, 4) is 0 Å². The van der Waals surface area contributed by atoms with Gasteiger partial charge in [-0.05, 0) is 17.7 Å². The van der Waals surface area contributed by atoms with Crippen LogP contribution < -0.4 is 9.88 Å². The van der Waals surface area contributed by atoms with Crippen molar-refractivity contribution in [3.63, 3.8) is 0 Å². The summed E-state index contributed by atoms with van der Waals surface area (Å²) in [4.78, 5) is 11.7. The SMILES string of the molecule is O=C(NCCc1ccccc1)[n+]1ccccc1. The van der Waals surface area contributed by atoms with E-state index in [1.165, 1.54) is 10.1 Å². The highest BCUT2D eigenvalue weighted by Crippen LogP contribution is 1.97. The third-order valence-corrected chi connectivity index (χ3v) is 2.48. The second-order valence-corrected chi connectivity index (χ2v) is 3.75. The summed E-state index contributed by atoms with van der Waals surface area (Å²) in [5.41, 5.74) is 1.23. The average molecular weight is 227 g/mol. The summed E-state index contributed by atoms with van der Waals surface area (Å²) in [6, 6.07) is 15.6.